The van der Waals surface area contributed by atoms with Gasteiger partial charge in [0.05, 0.1) is 0 Å². The Hall–Kier alpha value is -2.66. The minimum atomic E-state index is -4.79. The number of nitrogens with one attached hydrogen (secondary N) is 1. The molecule has 0 saturated heterocycles. The van der Waals surface area contributed by atoms with Crippen LogP contribution in [0.2, 0.25) is 5.28 Å². The second-order valence-corrected chi connectivity index (χ2v) is 6.46. The second-order valence-electron chi connectivity index (χ2n) is 5.09. The van der Waals surface area contributed by atoms with E-state index < -0.39 is 18.0 Å². The maximum atomic E-state index is 13.3. The predicted molar refractivity (Wildman–Crippen MR) is 91.7 cm³/mol. The summed E-state index contributed by atoms with van der Waals surface area (Å²) in [5.74, 6) is -2.39. The van der Waals surface area contributed by atoms with Crippen molar-refractivity contribution in [3.8, 4) is 5.75 Å². The topological polar surface area (TPSA) is 59.9 Å². The molecule has 0 amide bonds. The minimum absolute atomic E-state index is 0.00886. The molecule has 1 aromatic heterocycles. The Morgan fingerprint density at radius 3 is 2.29 bits per heavy atom. The molecule has 3 aromatic rings. The van der Waals surface area contributed by atoms with E-state index >= 15 is 0 Å². The van der Waals surface area contributed by atoms with Crippen LogP contribution >= 0.6 is 23.4 Å². The highest BCUT2D eigenvalue weighted by molar-refractivity contribution is 7.99. The summed E-state index contributed by atoms with van der Waals surface area (Å²) in [6, 6.07) is 8.13. The van der Waals surface area contributed by atoms with Gasteiger partial charge in [-0.05, 0) is 65.8 Å². The van der Waals surface area contributed by atoms with E-state index in [-0.39, 0.29) is 22.1 Å². The molecule has 0 aliphatic carbocycles. The summed E-state index contributed by atoms with van der Waals surface area (Å²) >= 11 is 6.76. The average Bonchev–Trinajstić information content (AvgIpc) is 2.58. The third kappa shape index (κ3) is 5.67. The maximum absolute atomic E-state index is 13.3. The highest BCUT2D eigenvalue weighted by Gasteiger charge is 2.30. The number of hydrogen-bond acceptors (Lipinski definition) is 6. The number of alkyl halides is 3. The Labute approximate surface area is 163 Å². The number of nitrogens with zero attached hydrogens (tertiary/aromatic N) is 3. The van der Waals surface area contributed by atoms with Gasteiger partial charge in [-0.1, -0.05) is 0 Å². The first-order chi connectivity index (χ1) is 13.2. The molecule has 0 fully saturated rings. The zero-order valence-corrected chi connectivity index (χ0v) is 15.0. The summed E-state index contributed by atoms with van der Waals surface area (Å²) in [5.41, 5.74) is 0.362. The average molecular weight is 435 g/mol. The summed E-state index contributed by atoms with van der Waals surface area (Å²) in [7, 11) is 0. The van der Waals surface area contributed by atoms with E-state index in [9.17, 15) is 22.0 Å². The van der Waals surface area contributed by atoms with Crippen LogP contribution in [-0.2, 0) is 0 Å². The van der Waals surface area contributed by atoms with E-state index in [1.807, 2.05) is 0 Å². The zero-order chi connectivity index (χ0) is 20.3. The van der Waals surface area contributed by atoms with Gasteiger partial charge in [-0.3, -0.25) is 0 Å². The number of hydrogen-bond donors (Lipinski definition) is 1. The molecule has 0 aliphatic heterocycles. The van der Waals surface area contributed by atoms with Gasteiger partial charge in [0.1, 0.15) is 5.75 Å². The third-order valence-corrected chi connectivity index (χ3v) is 4.06. The lowest BCUT2D eigenvalue weighted by Crippen LogP contribution is -2.17. The number of rotatable bonds is 5. The highest BCUT2D eigenvalue weighted by atomic mass is 35.5. The van der Waals surface area contributed by atoms with Crippen LogP contribution in [-0.4, -0.2) is 21.3 Å². The summed E-state index contributed by atoms with van der Waals surface area (Å²) in [6.45, 7) is 0. The first kappa shape index (κ1) is 20.1. The van der Waals surface area contributed by atoms with Crippen molar-refractivity contribution >= 4 is 35.0 Å². The second kappa shape index (κ2) is 8.15. The molecule has 28 heavy (non-hydrogen) atoms. The maximum Gasteiger partial charge on any atom is 0.573 e. The lowest BCUT2D eigenvalue weighted by Gasteiger charge is -2.10. The molecule has 0 atom stereocenters. The van der Waals surface area contributed by atoms with Gasteiger partial charge in [-0.15, -0.1) is 13.2 Å². The predicted octanol–water partition coefficient (Wildman–Crippen LogP) is 5.60. The molecule has 0 aliphatic rings. The number of aromatic nitrogens is 3. The smallest absolute Gasteiger partial charge is 0.406 e. The van der Waals surface area contributed by atoms with Crippen LogP contribution in [0.1, 0.15) is 0 Å². The van der Waals surface area contributed by atoms with Gasteiger partial charge in [-0.25, -0.2) is 8.78 Å². The molecule has 5 nitrogen and oxygen atoms in total. The fraction of sp³-hybridized carbons (Fsp3) is 0.0625. The van der Waals surface area contributed by atoms with Crippen molar-refractivity contribution in [2.45, 2.75) is 16.4 Å². The standard InChI is InChI=1S/C16H8ClF5N4OS/c17-13-24-14(23-8-1-3-9(4-2-8)27-16(20,21)22)26-15(25-13)28-10-5-6-11(18)12(19)7-10/h1-7H,(H,23,24,25,26). The zero-order valence-electron chi connectivity index (χ0n) is 13.5. The largest absolute Gasteiger partial charge is 0.573 e. The Morgan fingerprint density at radius 1 is 0.929 bits per heavy atom. The molecule has 146 valence electrons. The molecule has 2 aromatic carbocycles. The van der Waals surface area contributed by atoms with E-state index in [2.05, 4.69) is 25.0 Å². The van der Waals surface area contributed by atoms with Crippen molar-refractivity contribution in [3.63, 3.8) is 0 Å². The normalized spacial score (nSPS) is 11.4. The van der Waals surface area contributed by atoms with Crippen molar-refractivity contribution < 1.29 is 26.7 Å². The van der Waals surface area contributed by atoms with Gasteiger partial charge >= 0.3 is 6.36 Å². The van der Waals surface area contributed by atoms with Crippen molar-refractivity contribution in [2.75, 3.05) is 5.32 Å². The minimum Gasteiger partial charge on any atom is -0.406 e. The molecule has 0 saturated carbocycles. The van der Waals surface area contributed by atoms with Gasteiger partial charge in [-0.2, -0.15) is 15.0 Å². The van der Waals surface area contributed by atoms with Crippen LogP contribution in [0.25, 0.3) is 0 Å². The molecular formula is C16H8ClF5N4OS. The van der Waals surface area contributed by atoms with Crippen LogP contribution < -0.4 is 10.1 Å². The van der Waals surface area contributed by atoms with Gasteiger partial charge < -0.3 is 10.1 Å². The highest BCUT2D eigenvalue weighted by Crippen LogP contribution is 2.28. The van der Waals surface area contributed by atoms with Crippen LogP contribution in [0.5, 0.6) is 5.75 Å². The molecule has 12 heteroatoms. The molecule has 3 rings (SSSR count). The van der Waals surface area contributed by atoms with Crippen molar-refractivity contribution in [1.29, 1.82) is 0 Å². The summed E-state index contributed by atoms with van der Waals surface area (Å²) in [4.78, 5) is 12.1. The van der Waals surface area contributed by atoms with Crippen molar-refractivity contribution in [1.82, 2.24) is 15.0 Å². The van der Waals surface area contributed by atoms with E-state index in [0.717, 1.165) is 36.0 Å². The van der Waals surface area contributed by atoms with E-state index in [0.29, 0.717) is 10.6 Å². The van der Waals surface area contributed by atoms with Gasteiger partial charge in [0, 0.05) is 10.6 Å². The number of benzene rings is 2. The number of ether oxygens (including phenoxy) is 1. The fourth-order valence-corrected chi connectivity index (χ4v) is 2.93. The Kier molecular flexibility index (Phi) is 5.84. The Morgan fingerprint density at radius 2 is 1.64 bits per heavy atom. The first-order valence-electron chi connectivity index (χ1n) is 7.35. The van der Waals surface area contributed by atoms with Crippen LogP contribution in [0.15, 0.2) is 52.5 Å². The van der Waals surface area contributed by atoms with E-state index in [1.54, 1.807) is 0 Å². The Bertz CT molecular complexity index is 988. The first-order valence-corrected chi connectivity index (χ1v) is 8.55. The van der Waals surface area contributed by atoms with E-state index in [1.165, 1.54) is 18.2 Å². The summed E-state index contributed by atoms with van der Waals surface area (Å²) < 4.78 is 66.6. The lowest BCUT2D eigenvalue weighted by molar-refractivity contribution is -0.274. The molecule has 0 spiro atoms. The van der Waals surface area contributed by atoms with Crippen LogP contribution in [0.4, 0.5) is 33.6 Å². The van der Waals surface area contributed by atoms with Gasteiger partial charge in [0.15, 0.2) is 16.8 Å². The van der Waals surface area contributed by atoms with E-state index in [4.69, 9.17) is 11.6 Å². The fourth-order valence-electron chi connectivity index (χ4n) is 1.95. The molecule has 1 heterocycles. The molecule has 0 unspecified atom stereocenters. The van der Waals surface area contributed by atoms with Crippen LogP contribution in [0, 0.1) is 11.6 Å². The van der Waals surface area contributed by atoms with Crippen molar-refractivity contribution in [2.24, 2.45) is 0 Å². The number of anilines is 2. The molecule has 0 bridgehead atoms. The number of halogens is 6. The molecule has 1 N–H and O–H groups in total. The lowest BCUT2D eigenvalue weighted by atomic mass is 10.3. The SMILES string of the molecule is Fc1ccc(Sc2nc(Cl)nc(Nc3ccc(OC(F)(F)F)cc3)n2)cc1F. The van der Waals surface area contributed by atoms with Gasteiger partial charge in [0.25, 0.3) is 0 Å². The third-order valence-electron chi connectivity index (χ3n) is 3.03. The van der Waals surface area contributed by atoms with Crippen molar-refractivity contribution in [3.05, 3.63) is 59.4 Å². The summed E-state index contributed by atoms with van der Waals surface area (Å²) in [6.07, 6.45) is -4.79. The summed E-state index contributed by atoms with van der Waals surface area (Å²) in [5, 5.41) is 2.69. The van der Waals surface area contributed by atoms with Gasteiger partial charge in [0.2, 0.25) is 11.2 Å². The molecular weight excluding hydrogens is 427 g/mol. The monoisotopic (exact) mass is 434 g/mol. The molecule has 0 radical (unpaired) electrons. The quantitative estimate of drug-likeness (QED) is 0.528. The van der Waals surface area contributed by atoms with Crippen LogP contribution in [0.3, 0.4) is 0 Å². The Balaban J connectivity index is 1.75.